The first kappa shape index (κ1) is 15.9. The Hall–Kier alpha value is -1.12. The Bertz CT molecular complexity index is 440. The summed E-state index contributed by atoms with van der Waals surface area (Å²) in [6.45, 7) is 4.04. The molecule has 1 fully saturated rings. The molecule has 1 atom stereocenters. The van der Waals surface area contributed by atoms with Crippen molar-refractivity contribution in [2.45, 2.75) is 19.4 Å². The van der Waals surface area contributed by atoms with E-state index in [4.69, 9.17) is 5.73 Å². The van der Waals surface area contributed by atoms with Crippen molar-refractivity contribution in [3.63, 3.8) is 0 Å². The second-order valence-electron chi connectivity index (χ2n) is 4.24. The minimum atomic E-state index is -0.284. The molecule has 1 aromatic heterocycles. The molecule has 5 nitrogen and oxygen atoms in total. The van der Waals surface area contributed by atoms with Crippen LogP contribution in [0.5, 0.6) is 0 Å². The number of anilines is 1. The Morgan fingerprint density at radius 3 is 3.16 bits per heavy atom. The molecule has 0 aliphatic carbocycles. The molecule has 1 aromatic rings. The fourth-order valence-electron chi connectivity index (χ4n) is 2.11. The molecular weight excluding hydrogens is 360 g/mol. The van der Waals surface area contributed by atoms with Gasteiger partial charge in [0.25, 0.3) is 0 Å². The summed E-state index contributed by atoms with van der Waals surface area (Å²) >= 11 is 0. The van der Waals surface area contributed by atoms with Gasteiger partial charge in [-0.05, 0) is 25.5 Å². The Balaban J connectivity index is 0.00000180. The largest absolute Gasteiger partial charge is 0.370 e. The third-order valence-corrected chi connectivity index (χ3v) is 2.91. The highest BCUT2D eigenvalue weighted by molar-refractivity contribution is 14.0. The van der Waals surface area contributed by atoms with Gasteiger partial charge in [-0.15, -0.1) is 24.0 Å². The summed E-state index contributed by atoms with van der Waals surface area (Å²) in [6, 6.07) is 3.22. The minimum Gasteiger partial charge on any atom is -0.370 e. The lowest BCUT2D eigenvalue weighted by Gasteiger charge is -2.18. The van der Waals surface area contributed by atoms with Gasteiger partial charge in [-0.2, -0.15) is 0 Å². The van der Waals surface area contributed by atoms with E-state index in [9.17, 15) is 4.39 Å². The van der Waals surface area contributed by atoms with Gasteiger partial charge in [0.1, 0.15) is 0 Å². The zero-order valence-corrected chi connectivity index (χ0v) is 13.2. The number of halogens is 2. The second-order valence-corrected chi connectivity index (χ2v) is 4.24. The highest BCUT2D eigenvalue weighted by Crippen LogP contribution is 2.20. The Labute approximate surface area is 129 Å². The van der Waals surface area contributed by atoms with Crippen LogP contribution in [0.2, 0.25) is 0 Å². The molecule has 2 heterocycles. The molecule has 3 N–H and O–H groups in total. The zero-order chi connectivity index (χ0) is 13.0. The SMILES string of the molecule is CCN=C(N)NC1CCN(c2ncccc2F)C1.I. The van der Waals surface area contributed by atoms with Crippen LogP contribution >= 0.6 is 24.0 Å². The number of rotatable bonds is 3. The molecule has 0 aromatic carbocycles. The van der Waals surface area contributed by atoms with Crippen LogP contribution in [0.3, 0.4) is 0 Å². The summed E-state index contributed by atoms with van der Waals surface area (Å²) in [5.41, 5.74) is 5.71. The average molecular weight is 379 g/mol. The van der Waals surface area contributed by atoms with Crippen LogP contribution in [-0.2, 0) is 0 Å². The van der Waals surface area contributed by atoms with Crippen LogP contribution in [0.4, 0.5) is 10.2 Å². The maximum Gasteiger partial charge on any atom is 0.188 e. The molecule has 0 radical (unpaired) electrons. The van der Waals surface area contributed by atoms with E-state index >= 15 is 0 Å². The second kappa shape index (κ2) is 7.46. The highest BCUT2D eigenvalue weighted by Gasteiger charge is 2.25. The van der Waals surface area contributed by atoms with Crippen molar-refractivity contribution in [2.24, 2.45) is 10.7 Å². The van der Waals surface area contributed by atoms with Crippen LogP contribution in [0.15, 0.2) is 23.3 Å². The Morgan fingerprint density at radius 1 is 1.68 bits per heavy atom. The molecule has 2 rings (SSSR count). The number of guanidine groups is 1. The number of hydrogen-bond donors (Lipinski definition) is 2. The fourth-order valence-corrected chi connectivity index (χ4v) is 2.11. The summed E-state index contributed by atoms with van der Waals surface area (Å²) in [4.78, 5) is 10.1. The van der Waals surface area contributed by atoms with E-state index in [1.54, 1.807) is 12.3 Å². The van der Waals surface area contributed by atoms with E-state index in [-0.39, 0.29) is 35.8 Å². The van der Waals surface area contributed by atoms with Gasteiger partial charge in [0.05, 0.1) is 0 Å². The molecule has 0 saturated carbocycles. The Kier molecular flexibility index (Phi) is 6.26. The van der Waals surface area contributed by atoms with Crippen molar-refractivity contribution >= 4 is 35.8 Å². The van der Waals surface area contributed by atoms with Crippen LogP contribution in [0.1, 0.15) is 13.3 Å². The van der Waals surface area contributed by atoms with Gasteiger partial charge < -0.3 is 16.0 Å². The number of nitrogens with one attached hydrogen (secondary N) is 1. The third-order valence-electron chi connectivity index (χ3n) is 2.91. The van der Waals surface area contributed by atoms with E-state index in [0.29, 0.717) is 24.9 Å². The van der Waals surface area contributed by atoms with Crippen molar-refractivity contribution in [3.8, 4) is 0 Å². The van der Waals surface area contributed by atoms with E-state index in [1.807, 2.05) is 11.8 Å². The normalized spacial score (nSPS) is 19.2. The quantitative estimate of drug-likeness (QED) is 0.473. The number of aromatic nitrogens is 1. The first-order valence-corrected chi connectivity index (χ1v) is 6.12. The minimum absolute atomic E-state index is 0. The number of aliphatic imine (C=N–C) groups is 1. The van der Waals surface area contributed by atoms with E-state index in [1.165, 1.54) is 6.07 Å². The van der Waals surface area contributed by atoms with Crippen molar-refractivity contribution in [3.05, 3.63) is 24.1 Å². The molecule has 1 saturated heterocycles. The van der Waals surface area contributed by atoms with Gasteiger partial charge in [-0.25, -0.2) is 9.37 Å². The predicted octanol–water partition coefficient (Wildman–Crippen LogP) is 1.34. The van der Waals surface area contributed by atoms with Gasteiger partial charge in [-0.3, -0.25) is 4.99 Å². The lowest BCUT2D eigenvalue weighted by atomic mass is 10.3. The van der Waals surface area contributed by atoms with Crippen molar-refractivity contribution < 1.29 is 4.39 Å². The highest BCUT2D eigenvalue weighted by atomic mass is 127. The van der Waals surface area contributed by atoms with Crippen molar-refractivity contribution in [2.75, 3.05) is 24.5 Å². The van der Waals surface area contributed by atoms with Gasteiger partial charge in [-0.1, -0.05) is 0 Å². The maximum atomic E-state index is 13.6. The number of hydrogen-bond acceptors (Lipinski definition) is 3. The monoisotopic (exact) mass is 379 g/mol. The molecule has 1 aliphatic heterocycles. The zero-order valence-electron chi connectivity index (χ0n) is 10.8. The molecule has 1 unspecified atom stereocenters. The van der Waals surface area contributed by atoms with Gasteiger partial charge in [0, 0.05) is 31.9 Å². The Morgan fingerprint density at radius 2 is 2.47 bits per heavy atom. The smallest absolute Gasteiger partial charge is 0.188 e. The molecule has 7 heteroatoms. The van der Waals surface area contributed by atoms with Crippen LogP contribution in [0.25, 0.3) is 0 Å². The van der Waals surface area contributed by atoms with Crippen molar-refractivity contribution in [1.82, 2.24) is 10.3 Å². The summed E-state index contributed by atoms with van der Waals surface area (Å²) in [6.07, 6.45) is 2.50. The summed E-state index contributed by atoms with van der Waals surface area (Å²) in [5.74, 6) is 0.576. The fraction of sp³-hybridized carbons (Fsp3) is 0.500. The van der Waals surface area contributed by atoms with E-state index in [0.717, 1.165) is 13.0 Å². The van der Waals surface area contributed by atoms with Gasteiger partial charge in [0.15, 0.2) is 17.6 Å². The molecule has 19 heavy (non-hydrogen) atoms. The van der Waals surface area contributed by atoms with Crippen LogP contribution in [0, 0.1) is 5.82 Å². The summed E-state index contributed by atoms with van der Waals surface area (Å²) < 4.78 is 13.6. The van der Waals surface area contributed by atoms with Gasteiger partial charge >= 0.3 is 0 Å². The molecule has 106 valence electrons. The first-order valence-electron chi connectivity index (χ1n) is 6.12. The maximum absolute atomic E-state index is 13.6. The summed E-state index contributed by atoms with van der Waals surface area (Å²) in [7, 11) is 0. The molecule has 0 bridgehead atoms. The van der Waals surface area contributed by atoms with Crippen LogP contribution in [-0.4, -0.2) is 36.6 Å². The number of pyridine rings is 1. The standard InChI is InChI=1S/C12H18FN5.HI/c1-2-15-12(14)17-9-5-7-18(8-9)11-10(13)4-3-6-16-11;/h3-4,6,9H,2,5,7-8H2,1H3,(H3,14,15,17);1H. The average Bonchev–Trinajstić information content (AvgIpc) is 2.78. The predicted molar refractivity (Wildman–Crippen MR) is 85.5 cm³/mol. The lowest BCUT2D eigenvalue weighted by molar-refractivity contribution is 0.613. The number of nitrogens with two attached hydrogens (primary N) is 1. The third kappa shape index (κ3) is 4.19. The molecular formula is C12H19FIN5. The molecule has 0 amide bonds. The topological polar surface area (TPSA) is 66.5 Å². The first-order chi connectivity index (χ1) is 8.70. The van der Waals surface area contributed by atoms with E-state index < -0.39 is 0 Å². The molecule has 1 aliphatic rings. The van der Waals surface area contributed by atoms with Crippen LogP contribution < -0.4 is 16.0 Å². The van der Waals surface area contributed by atoms with Gasteiger partial charge in [0.2, 0.25) is 0 Å². The van der Waals surface area contributed by atoms with Crippen molar-refractivity contribution in [1.29, 1.82) is 0 Å². The summed E-state index contributed by atoms with van der Waals surface area (Å²) in [5, 5.41) is 3.13. The lowest BCUT2D eigenvalue weighted by Crippen LogP contribution is -2.41. The van der Waals surface area contributed by atoms with E-state index in [2.05, 4.69) is 15.3 Å². The molecule has 0 spiro atoms. The number of nitrogens with zero attached hydrogens (tertiary/aromatic N) is 3.